The summed E-state index contributed by atoms with van der Waals surface area (Å²) in [5.74, 6) is 0.0909. The van der Waals surface area contributed by atoms with Gasteiger partial charge in [0.1, 0.15) is 6.54 Å². The molecule has 2 aromatic heterocycles. The average molecular weight is 362 g/mol. The van der Waals surface area contributed by atoms with Crippen molar-refractivity contribution in [2.75, 3.05) is 6.54 Å². The number of nitrogens with zero attached hydrogens (tertiary/aromatic N) is 6. The molecule has 0 saturated heterocycles. The van der Waals surface area contributed by atoms with Crippen LogP contribution in [0, 0.1) is 0 Å². The Labute approximate surface area is 157 Å². The van der Waals surface area contributed by atoms with Gasteiger partial charge in [0, 0.05) is 24.3 Å². The van der Waals surface area contributed by atoms with E-state index in [4.69, 9.17) is 0 Å². The number of aromatic nitrogens is 5. The minimum absolute atomic E-state index is 0.0909. The molecule has 0 N–H and O–H groups in total. The van der Waals surface area contributed by atoms with Gasteiger partial charge in [-0.1, -0.05) is 23.4 Å². The first-order valence-electron chi connectivity index (χ1n) is 9.59. The normalized spacial score (nSPS) is 16.1. The molecule has 3 heterocycles. The molecule has 7 nitrogen and oxygen atoms in total. The van der Waals surface area contributed by atoms with Gasteiger partial charge in [-0.05, 0) is 37.8 Å². The van der Waals surface area contributed by atoms with E-state index >= 15 is 0 Å². The highest BCUT2D eigenvalue weighted by atomic mass is 16.2. The molecule has 27 heavy (non-hydrogen) atoms. The van der Waals surface area contributed by atoms with E-state index in [0.29, 0.717) is 13.1 Å². The average Bonchev–Trinajstić information content (AvgIpc) is 3.32. The van der Waals surface area contributed by atoms with Gasteiger partial charge in [0.15, 0.2) is 0 Å². The van der Waals surface area contributed by atoms with Gasteiger partial charge in [-0.25, -0.2) is 9.67 Å². The molecule has 0 bridgehead atoms. The number of aryl methyl sites for hydroxylation is 1. The maximum absolute atomic E-state index is 12.8. The van der Waals surface area contributed by atoms with Crippen LogP contribution in [-0.4, -0.2) is 41.9 Å². The summed E-state index contributed by atoms with van der Waals surface area (Å²) in [6.07, 6.45) is 6.94. The zero-order chi connectivity index (χ0) is 18.2. The third kappa shape index (κ3) is 2.93. The summed E-state index contributed by atoms with van der Waals surface area (Å²) in [7, 11) is 0. The molecule has 0 radical (unpaired) electrons. The number of hydrogen-bond acceptors (Lipinski definition) is 4. The third-order valence-corrected chi connectivity index (χ3v) is 5.58. The second-order valence-electron chi connectivity index (χ2n) is 7.26. The smallest absolute Gasteiger partial charge is 0.244 e. The van der Waals surface area contributed by atoms with E-state index in [1.54, 1.807) is 4.68 Å². The molecule has 1 aromatic carbocycles. The molecule has 2 aliphatic rings. The predicted octanol–water partition coefficient (Wildman–Crippen LogP) is 1.93. The van der Waals surface area contributed by atoms with Crippen LogP contribution >= 0.6 is 0 Å². The Morgan fingerprint density at radius 3 is 2.74 bits per heavy atom. The van der Waals surface area contributed by atoms with Crippen LogP contribution in [0.1, 0.15) is 35.6 Å². The molecule has 1 amide bonds. The van der Waals surface area contributed by atoms with Crippen LogP contribution < -0.4 is 0 Å². The van der Waals surface area contributed by atoms with Gasteiger partial charge in [0.05, 0.1) is 30.0 Å². The number of fused-ring (bicyclic) bond motifs is 2. The summed E-state index contributed by atoms with van der Waals surface area (Å²) < 4.78 is 3.93. The van der Waals surface area contributed by atoms with Gasteiger partial charge in [0.2, 0.25) is 5.91 Å². The summed E-state index contributed by atoms with van der Waals surface area (Å²) in [4.78, 5) is 19.3. The Hall–Kier alpha value is -2.96. The van der Waals surface area contributed by atoms with Gasteiger partial charge >= 0.3 is 0 Å². The molecule has 1 aliphatic carbocycles. The van der Waals surface area contributed by atoms with Crippen LogP contribution in [0.25, 0.3) is 5.69 Å². The summed E-state index contributed by atoms with van der Waals surface area (Å²) in [5, 5.41) is 8.47. The lowest BCUT2D eigenvalue weighted by atomic mass is 10.0. The van der Waals surface area contributed by atoms with E-state index < -0.39 is 0 Å². The molecule has 0 atom stereocenters. The van der Waals surface area contributed by atoms with Crippen molar-refractivity contribution in [2.24, 2.45) is 0 Å². The van der Waals surface area contributed by atoms with Crippen LogP contribution in [0.15, 0.2) is 36.7 Å². The zero-order valence-corrected chi connectivity index (χ0v) is 15.2. The highest BCUT2D eigenvalue weighted by molar-refractivity contribution is 5.76. The van der Waals surface area contributed by atoms with Crippen LogP contribution in [0.4, 0.5) is 0 Å². The van der Waals surface area contributed by atoms with Gasteiger partial charge in [-0.2, -0.15) is 0 Å². The van der Waals surface area contributed by atoms with Gasteiger partial charge in [0.25, 0.3) is 0 Å². The van der Waals surface area contributed by atoms with Gasteiger partial charge < -0.3 is 9.47 Å². The van der Waals surface area contributed by atoms with E-state index in [-0.39, 0.29) is 12.5 Å². The lowest BCUT2D eigenvalue weighted by Crippen LogP contribution is -2.39. The van der Waals surface area contributed by atoms with Crippen LogP contribution in [0.3, 0.4) is 0 Å². The molecule has 5 rings (SSSR count). The Balaban J connectivity index is 1.32. The van der Waals surface area contributed by atoms with Crippen LogP contribution in [-0.2, 0) is 37.1 Å². The van der Waals surface area contributed by atoms with Crippen LogP contribution in [0.5, 0.6) is 0 Å². The highest BCUT2D eigenvalue weighted by Crippen LogP contribution is 2.22. The van der Waals surface area contributed by atoms with Crippen molar-refractivity contribution in [1.29, 1.82) is 0 Å². The number of rotatable bonds is 3. The first-order valence-corrected chi connectivity index (χ1v) is 9.59. The topological polar surface area (TPSA) is 68.8 Å². The van der Waals surface area contributed by atoms with Crippen molar-refractivity contribution < 1.29 is 4.79 Å². The molecule has 0 saturated carbocycles. The van der Waals surface area contributed by atoms with Crippen molar-refractivity contribution in [3.63, 3.8) is 0 Å². The largest absolute Gasteiger partial charge is 0.335 e. The number of imidazole rings is 1. The lowest BCUT2D eigenvalue weighted by molar-refractivity contribution is -0.133. The second kappa shape index (κ2) is 6.64. The summed E-state index contributed by atoms with van der Waals surface area (Å²) >= 11 is 0. The Morgan fingerprint density at radius 1 is 1.00 bits per heavy atom. The molecule has 3 aromatic rings. The number of para-hydroxylation sites is 1. The fourth-order valence-electron chi connectivity index (χ4n) is 4.11. The summed E-state index contributed by atoms with van der Waals surface area (Å²) in [5.41, 5.74) is 5.50. The summed E-state index contributed by atoms with van der Waals surface area (Å²) in [6.45, 7) is 1.54. The van der Waals surface area contributed by atoms with E-state index in [1.807, 2.05) is 29.4 Å². The SMILES string of the molecule is O=C(Cn1nnc2c1CCCC2)N1CCc2c(ncn2-c2ccccc2)C1. The maximum atomic E-state index is 12.8. The minimum atomic E-state index is 0.0909. The zero-order valence-electron chi connectivity index (χ0n) is 15.2. The van der Waals surface area contributed by atoms with Crippen molar-refractivity contribution in [3.8, 4) is 5.69 Å². The second-order valence-corrected chi connectivity index (χ2v) is 7.26. The number of carbonyl (C=O) groups is 1. The van der Waals surface area contributed by atoms with Gasteiger partial charge in [-0.3, -0.25) is 4.79 Å². The molecule has 7 heteroatoms. The standard InChI is InChI=1S/C20H22N6O/c27-20(13-26-19-9-5-4-8-16(19)22-23-26)24-11-10-18-17(12-24)21-14-25(18)15-6-2-1-3-7-15/h1-3,6-7,14H,4-5,8-13H2. The summed E-state index contributed by atoms with van der Waals surface area (Å²) in [6, 6.07) is 10.2. The molecule has 1 aliphatic heterocycles. The van der Waals surface area contributed by atoms with E-state index in [9.17, 15) is 4.79 Å². The van der Waals surface area contributed by atoms with Crippen molar-refractivity contribution >= 4 is 5.91 Å². The highest BCUT2D eigenvalue weighted by Gasteiger charge is 2.26. The molecular weight excluding hydrogens is 340 g/mol. The van der Waals surface area contributed by atoms with Crippen molar-refractivity contribution in [3.05, 3.63) is 59.4 Å². The Bertz CT molecular complexity index is 974. The fourth-order valence-corrected chi connectivity index (χ4v) is 4.11. The Morgan fingerprint density at radius 2 is 1.85 bits per heavy atom. The van der Waals surface area contributed by atoms with E-state index in [1.165, 1.54) is 12.1 Å². The Kier molecular flexibility index (Phi) is 3.99. The number of benzene rings is 1. The molecular formula is C20H22N6O. The van der Waals surface area contributed by atoms with Gasteiger partial charge in [-0.15, -0.1) is 5.10 Å². The molecule has 0 unspecified atom stereocenters. The van der Waals surface area contributed by atoms with E-state index in [2.05, 4.69) is 32.0 Å². The molecule has 0 fully saturated rings. The van der Waals surface area contributed by atoms with Crippen molar-refractivity contribution in [2.45, 2.75) is 45.2 Å². The number of carbonyl (C=O) groups excluding carboxylic acids is 1. The minimum Gasteiger partial charge on any atom is -0.335 e. The fraction of sp³-hybridized carbons (Fsp3) is 0.400. The first kappa shape index (κ1) is 16.2. The molecule has 138 valence electrons. The quantitative estimate of drug-likeness (QED) is 0.714. The van der Waals surface area contributed by atoms with Crippen LogP contribution in [0.2, 0.25) is 0 Å². The monoisotopic (exact) mass is 362 g/mol. The number of amides is 1. The third-order valence-electron chi connectivity index (χ3n) is 5.58. The predicted molar refractivity (Wildman–Crippen MR) is 99.3 cm³/mol. The maximum Gasteiger partial charge on any atom is 0.244 e. The first-order chi connectivity index (χ1) is 13.3. The molecule has 0 spiro atoms. The number of hydrogen-bond donors (Lipinski definition) is 0. The van der Waals surface area contributed by atoms with Crippen molar-refractivity contribution in [1.82, 2.24) is 29.4 Å². The van der Waals surface area contributed by atoms with E-state index in [0.717, 1.165) is 48.5 Å². The lowest BCUT2D eigenvalue weighted by Gasteiger charge is -2.27.